The molecule has 0 aromatic heterocycles. The van der Waals surface area contributed by atoms with Crippen LogP contribution >= 0.6 is 0 Å². The highest BCUT2D eigenvalue weighted by Crippen LogP contribution is 2.40. The summed E-state index contributed by atoms with van der Waals surface area (Å²) in [7, 11) is 2.48. The molecule has 1 aromatic carbocycles. The zero-order chi connectivity index (χ0) is 19.2. The van der Waals surface area contributed by atoms with Gasteiger partial charge in [-0.2, -0.15) is 0 Å². The number of Topliss-reactive ketones (excluding diaryl/α,β-unsaturated/α-hetero) is 1. The Morgan fingerprint density at radius 2 is 1.46 bits per heavy atom. The van der Waals surface area contributed by atoms with E-state index in [9.17, 15) is 14.4 Å². The molecule has 0 fully saturated rings. The van der Waals surface area contributed by atoms with Crippen LogP contribution in [0.2, 0.25) is 0 Å². The molecule has 0 aliphatic carbocycles. The lowest BCUT2D eigenvalue weighted by atomic mass is 10.1. The summed E-state index contributed by atoms with van der Waals surface area (Å²) in [5.41, 5.74) is 0.453. The lowest BCUT2D eigenvalue weighted by Gasteiger charge is -2.26. The van der Waals surface area contributed by atoms with Gasteiger partial charge >= 0.3 is 11.9 Å². The Bertz CT molecular complexity index is 661. The normalized spacial score (nSPS) is 14.0. The number of rotatable bonds is 9. The highest BCUT2D eigenvalue weighted by Gasteiger charge is 2.43. The van der Waals surface area contributed by atoms with E-state index in [0.717, 1.165) is 0 Å². The van der Waals surface area contributed by atoms with E-state index in [1.54, 1.807) is 18.2 Å². The number of benzene rings is 1. The van der Waals surface area contributed by atoms with Gasteiger partial charge in [-0.1, -0.05) is 0 Å². The second kappa shape index (κ2) is 8.63. The van der Waals surface area contributed by atoms with Crippen LogP contribution in [0.4, 0.5) is 0 Å². The van der Waals surface area contributed by atoms with E-state index in [4.69, 9.17) is 18.9 Å². The van der Waals surface area contributed by atoms with Crippen LogP contribution < -0.4 is 9.47 Å². The fourth-order valence-corrected chi connectivity index (χ4v) is 2.17. The van der Waals surface area contributed by atoms with E-state index in [-0.39, 0.29) is 32.2 Å². The number of methoxy groups -OCH3 is 2. The van der Waals surface area contributed by atoms with Gasteiger partial charge in [0.15, 0.2) is 17.3 Å². The first-order chi connectivity index (χ1) is 12.4. The molecular formula is C17H20O9. The van der Waals surface area contributed by atoms with Gasteiger partial charge in [-0.15, -0.1) is 0 Å². The van der Waals surface area contributed by atoms with Crippen LogP contribution in [0.1, 0.15) is 17.3 Å². The monoisotopic (exact) mass is 368 g/mol. The van der Waals surface area contributed by atoms with Crippen molar-refractivity contribution in [3.8, 4) is 11.5 Å². The summed E-state index contributed by atoms with van der Waals surface area (Å²) in [6.45, 7) is 0.471. The van der Waals surface area contributed by atoms with Crippen LogP contribution in [-0.4, -0.2) is 64.2 Å². The number of hydrogen-bond donors (Lipinski definition) is 0. The van der Waals surface area contributed by atoms with Gasteiger partial charge in [0.1, 0.15) is 26.4 Å². The minimum Gasteiger partial charge on any atom is -0.467 e. The summed E-state index contributed by atoms with van der Waals surface area (Å²) in [6.07, 6.45) is 0. The molecule has 0 bridgehead atoms. The number of carbonyl (C=O) groups is 3. The van der Waals surface area contributed by atoms with E-state index in [1.165, 1.54) is 21.1 Å². The molecule has 142 valence electrons. The summed E-state index contributed by atoms with van der Waals surface area (Å²) in [6, 6.07) is 4.74. The quantitative estimate of drug-likeness (QED) is 0.461. The lowest BCUT2D eigenvalue weighted by molar-refractivity contribution is -0.181. The average molecular weight is 368 g/mol. The molecule has 26 heavy (non-hydrogen) atoms. The zero-order valence-electron chi connectivity index (χ0n) is 14.7. The predicted molar refractivity (Wildman–Crippen MR) is 86.1 cm³/mol. The Hall–Kier alpha value is -2.65. The standard InChI is InChI=1S/C17H20O9/c1-11(18)12-4-5-13-14(6-12)26-17(25-13,9-23-7-15(19)21-2)10-24-8-16(20)22-3/h4-6H,7-10H2,1-3H3. The van der Waals surface area contributed by atoms with E-state index < -0.39 is 17.7 Å². The summed E-state index contributed by atoms with van der Waals surface area (Å²) in [5, 5.41) is 0. The Morgan fingerprint density at radius 1 is 0.923 bits per heavy atom. The summed E-state index contributed by atoms with van der Waals surface area (Å²) < 4.78 is 31.1. The maximum absolute atomic E-state index is 11.5. The predicted octanol–water partition coefficient (Wildman–Crippen LogP) is 0.736. The molecule has 1 aliphatic rings. The average Bonchev–Trinajstić information content (AvgIpc) is 2.98. The van der Waals surface area contributed by atoms with Crippen molar-refractivity contribution in [2.75, 3.05) is 40.6 Å². The fourth-order valence-electron chi connectivity index (χ4n) is 2.17. The molecule has 0 unspecified atom stereocenters. The largest absolute Gasteiger partial charge is 0.467 e. The molecule has 0 amide bonds. The maximum atomic E-state index is 11.5. The second-order valence-corrected chi connectivity index (χ2v) is 5.47. The lowest BCUT2D eigenvalue weighted by Crippen LogP contribution is -2.48. The molecule has 9 nitrogen and oxygen atoms in total. The maximum Gasteiger partial charge on any atom is 0.331 e. The number of fused-ring (bicyclic) bond motifs is 1. The van der Waals surface area contributed by atoms with Gasteiger partial charge in [0.2, 0.25) is 0 Å². The third kappa shape index (κ3) is 4.93. The van der Waals surface area contributed by atoms with Crippen LogP contribution in [0, 0.1) is 0 Å². The summed E-state index contributed by atoms with van der Waals surface area (Å²) in [5.74, 6) is -1.95. The van der Waals surface area contributed by atoms with Crippen LogP contribution in [0.5, 0.6) is 11.5 Å². The van der Waals surface area contributed by atoms with Crippen molar-refractivity contribution in [2.24, 2.45) is 0 Å². The van der Waals surface area contributed by atoms with E-state index in [0.29, 0.717) is 17.1 Å². The first-order valence-electron chi connectivity index (χ1n) is 7.71. The smallest absolute Gasteiger partial charge is 0.331 e. The molecule has 0 atom stereocenters. The van der Waals surface area contributed by atoms with Crippen LogP contribution in [0.3, 0.4) is 0 Å². The van der Waals surface area contributed by atoms with Gasteiger partial charge in [-0.05, 0) is 25.1 Å². The molecule has 1 heterocycles. The van der Waals surface area contributed by atoms with Crippen LogP contribution in [0.25, 0.3) is 0 Å². The first kappa shape index (κ1) is 19.7. The highest BCUT2D eigenvalue weighted by molar-refractivity contribution is 5.94. The van der Waals surface area contributed by atoms with Crippen molar-refractivity contribution in [1.29, 1.82) is 0 Å². The van der Waals surface area contributed by atoms with Gasteiger partial charge in [0.25, 0.3) is 5.79 Å². The van der Waals surface area contributed by atoms with Crippen molar-refractivity contribution in [2.45, 2.75) is 12.7 Å². The van der Waals surface area contributed by atoms with Crippen LogP contribution in [-0.2, 0) is 28.5 Å². The third-order valence-corrected chi connectivity index (χ3v) is 3.48. The van der Waals surface area contributed by atoms with Gasteiger partial charge in [0.05, 0.1) is 14.2 Å². The topological polar surface area (TPSA) is 107 Å². The Balaban J connectivity index is 2.09. The van der Waals surface area contributed by atoms with Crippen molar-refractivity contribution >= 4 is 17.7 Å². The molecule has 0 N–H and O–H groups in total. The number of hydrogen-bond acceptors (Lipinski definition) is 9. The van der Waals surface area contributed by atoms with Gasteiger partial charge in [-0.25, -0.2) is 9.59 Å². The molecule has 0 radical (unpaired) electrons. The molecule has 0 spiro atoms. The van der Waals surface area contributed by atoms with Gasteiger partial charge in [-0.3, -0.25) is 4.79 Å². The molecule has 2 rings (SSSR count). The Labute approximate surface area is 150 Å². The summed E-state index contributed by atoms with van der Waals surface area (Å²) in [4.78, 5) is 33.9. The molecule has 1 aliphatic heterocycles. The Kier molecular flexibility index (Phi) is 6.53. The molecule has 0 saturated carbocycles. The minimum absolute atomic E-state index is 0.127. The second-order valence-electron chi connectivity index (χ2n) is 5.47. The highest BCUT2D eigenvalue weighted by atomic mass is 16.8. The fraction of sp³-hybridized carbons (Fsp3) is 0.471. The first-order valence-corrected chi connectivity index (χ1v) is 7.71. The Morgan fingerprint density at radius 3 is 1.96 bits per heavy atom. The van der Waals surface area contributed by atoms with Crippen molar-refractivity contribution in [3.05, 3.63) is 23.8 Å². The molecule has 0 saturated heterocycles. The number of carbonyl (C=O) groups excluding carboxylic acids is 3. The molecule has 1 aromatic rings. The molecular weight excluding hydrogens is 348 g/mol. The van der Waals surface area contributed by atoms with Crippen molar-refractivity contribution in [3.63, 3.8) is 0 Å². The number of esters is 2. The number of ether oxygens (including phenoxy) is 6. The van der Waals surface area contributed by atoms with E-state index in [1.807, 2.05) is 0 Å². The third-order valence-electron chi connectivity index (χ3n) is 3.48. The van der Waals surface area contributed by atoms with Gasteiger partial charge < -0.3 is 28.4 Å². The molecule has 9 heteroatoms. The van der Waals surface area contributed by atoms with E-state index >= 15 is 0 Å². The van der Waals surface area contributed by atoms with E-state index in [2.05, 4.69) is 9.47 Å². The minimum atomic E-state index is -1.42. The van der Waals surface area contributed by atoms with Crippen molar-refractivity contribution < 1.29 is 42.8 Å². The number of ketones is 1. The van der Waals surface area contributed by atoms with Gasteiger partial charge in [0, 0.05) is 5.56 Å². The van der Waals surface area contributed by atoms with Crippen molar-refractivity contribution in [1.82, 2.24) is 0 Å². The summed E-state index contributed by atoms with van der Waals surface area (Å²) >= 11 is 0. The van der Waals surface area contributed by atoms with Crippen LogP contribution in [0.15, 0.2) is 18.2 Å². The zero-order valence-corrected chi connectivity index (χ0v) is 14.7. The SMILES string of the molecule is COC(=O)COCC1(COCC(=O)OC)Oc2ccc(C(C)=O)cc2O1.